The quantitative estimate of drug-likeness (QED) is 0.0669. The second kappa shape index (κ2) is 17.2. The number of H-pyrrole nitrogens is 1. The number of aliphatic imine (C=N–C) groups is 1. The molecule has 0 fully saturated rings. The van der Waals surface area contributed by atoms with E-state index < -0.39 is 47.9 Å². The largest absolute Gasteiger partial charge is 0.480 e. The van der Waals surface area contributed by atoms with E-state index in [4.69, 9.17) is 17.2 Å². The number of rotatable bonds is 18. The number of carboxylic acid groups (broad SMARTS) is 1. The number of thioether (sulfide) groups is 1. The third-order valence-electron chi connectivity index (χ3n) is 6.60. The number of carbonyl (C=O) groups is 4. The van der Waals surface area contributed by atoms with Crippen LogP contribution < -0.4 is 33.2 Å². The molecule has 11 N–H and O–H groups in total. The lowest BCUT2D eigenvalue weighted by atomic mass is 10.0. The molecule has 1 aromatic heterocycles. The summed E-state index contributed by atoms with van der Waals surface area (Å²) in [5, 5.41) is 18.5. The number of hydrogen-bond donors (Lipinski definition) is 8. The van der Waals surface area contributed by atoms with Crippen molar-refractivity contribution in [3.8, 4) is 0 Å². The highest BCUT2D eigenvalue weighted by atomic mass is 32.2. The summed E-state index contributed by atoms with van der Waals surface area (Å²) in [5.74, 6) is -2.34. The van der Waals surface area contributed by atoms with Gasteiger partial charge in [-0.2, -0.15) is 11.8 Å². The molecule has 4 atom stereocenters. The predicted octanol–water partition coefficient (Wildman–Crippen LogP) is 0.430. The van der Waals surface area contributed by atoms with Crippen LogP contribution in [0.1, 0.15) is 45.1 Å². The standard InChI is InChI=1S/C28H44N8O5S/c1-16(2)13-23(27(40)41)36-25(38)21(10-12-42-3)34-26(39)22(14-17-15-33-20-9-5-4-7-18(17)20)35-24(37)19(29)8-6-11-32-28(30)31/h4-5,7,9,15-16,19,21-23,33H,6,8,10-14,29H2,1-3H3,(H,34,39)(H,35,37)(H,36,38)(H,40,41)(H4,30,31,32). The molecule has 0 saturated carbocycles. The Bertz CT molecular complexity index is 1230. The van der Waals surface area contributed by atoms with Crippen molar-refractivity contribution in [3.05, 3.63) is 36.0 Å². The molecular weight excluding hydrogens is 560 g/mol. The molecule has 0 aliphatic carbocycles. The number of aliphatic carboxylic acids is 1. The molecule has 0 aliphatic heterocycles. The van der Waals surface area contributed by atoms with E-state index in [2.05, 4.69) is 25.9 Å². The van der Waals surface area contributed by atoms with Gasteiger partial charge in [-0.05, 0) is 55.2 Å². The van der Waals surface area contributed by atoms with Gasteiger partial charge in [-0.15, -0.1) is 0 Å². The number of amides is 3. The average Bonchev–Trinajstić information content (AvgIpc) is 3.34. The number of nitrogens with one attached hydrogen (secondary N) is 4. The normalized spacial score (nSPS) is 14.0. The molecule has 3 amide bonds. The van der Waals surface area contributed by atoms with Crippen LogP contribution in [0, 0.1) is 5.92 Å². The fraction of sp³-hybridized carbons (Fsp3) is 0.536. The SMILES string of the molecule is CSCCC(NC(=O)C(Cc1c[nH]c2ccccc12)NC(=O)C(N)CCCN=C(N)N)C(=O)NC(CC(C)C)C(=O)O. The summed E-state index contributed by atoms with van der Waals surface area (Å²) in [4.78, 5) is 58.7. The highest BCUT2D eigenvalue weighted by Gasteiger charge is 2.31. The third-order valence-corrected chi connectivity index (χ3v) is 7.25. The Morgan fingerprint density at radius 3 is 2.26 bits per heavy atom. The molecule has 0 aliphatic rings. The monoisotopic (exact) mass is 604 g/mol. The zero-order valence-electron chi connectivity index (χ0n) is 24.4. The Labute approximate surface area is 250 Å². The average molecular weight is 605 g/mol. The van der Waals surface area contributed by atoms with Crippen LogP contribution >= 0.6 is 11.8 Å². The Morgan fingerprint density at radius 2 is 1.62 bits per heavy atom. The molecule has 4 unspecified atom stereocenters. The predicted molar refractivity (Wildman–Crippen MR) is 166 cm³/mol. The van der Waals surface area contributed by atoms with Gasteiger partial charge in [0, 0.05) is 30.1 Å². The molecule has 232 valence electrons. The lowest BCUT2D eigenvalue weighted by molar-refractivity contribution is -0.142. The maximum absolute atomic E-state index is 13.6. The van der Waals surface area contributed by atoms with Gasteiger partial charge in [-0.25, -0.2) is 4.79 Å². The molecule has 1 heterocycles. The highest BCUT2D eigenvalue weighted by molar-refractivity contribution is 7.98. The fourth-order valence-corrected chi connectivity index (χ4v) is 4.87. The van der Waals surface area contributed by atoms with E-state index >= 15 is 0 Å². The van der Waals surface area contributed by atoms with Crippen molar-refractivity contribution in [1.82, 2.24) is 20.9 Å². The summed E-state index contributed by atoms with van der Waals surface area (Å²) in [6.45, 7) is 4.03. The summed E-state index contributed by atoms with van der Waals surface area (Å²) in [5.41, 5.74) is 18.4. The summed E-state index contributed by atoms with van der Waals surface area (Å²) >= 11 is 1.49. The summed E-state index contributed by atoms with van der Waals surface area (Å²) in [7, 11) is 0. The van der Waals surface area contributed by atoms with E-state index in [0.717, 1.165) is 16.5 Å². The van der Waals surface area contributed by atoms with Gasteiger partial charge in [-0.1, -0.05) is 32.0 Å². The van der Waals surface area contributed by atoms with E-state index in [1.165, 1.54) is 11.8 Å². The Hall–Kier alpha value is -3.78. The van der Waals surface area contributed by atoms with Crippen LogP contribution in [0.3, 0.4) is 0 Å². The van der Waals surface area contributed by atoms with Gasteiger partial charge in [0.15, 0.2) is 5.96 Å². The number of hydrogen-bond acceptors (Lipinski definition) is 7. The van der Waals surface area contributed by atoms with Gasteiger partial charge in [0.2, 0.25) is 17.7 Å². The first-order chi connectivity index (χ1) is 19.9. The minimum absolute atomic E-state index is 0.0325. The number of carbonyl (C=O) groups excluding carboxylic acids is 3. The van der Waals surface area contributed by atoms with Gasteiger partial charge in [0.1, 0.15) is 18.1 Å². The smallest absolute Gasteiger partial charge is 0.326 e. The number of carboxylic acids is 1. The first kappa shape index (κ1) is 34.4. The van der Waals surface area contributed by atoms with Crippen LogP contribution in [-0.4, -0.2) is 82.5 Å². The molecule has 0 radical (unpaired) electrons. The van der Waals surface area contributed by atoms with E-state index in [0.29, 0.717) is 18.7 Å². The second-order valence-corrected chi connectivity index (χ2v) is 11.5. The maximum Gasteiger partial charge on any atom is 0.326 e. The van der Waals surface area contributed by atoms with Crippen molar-refractivity contribution in [2.24, 2.45) is 28.1 Å². The maximum atomic E-state index is 13.6. The molecule has 14 heteroatoms. The number of aromatic nitrogens is 1. The lowest BCUT2D eigenvalue weighted by Crippen LogP contribution is -2.57. The van der Waals surface area contributed by atoms with Crippen molar-refractivity contribution in [3.63, 3.8) is 0 Å². The molecule has 2 rings (SSSR count). The molecule has 13 nitrogen and oxygen atoms in total. The van der Waals surface area contributed by atoms with Gasteiger partial charge < -0.3 is 43.2 Å². The number of fused-ring (bicyclic) bond motifs is 1. The van der Waals surface area contributed by atoms with Gasteiger partial charge in [0.25, 0.3) is 0 Å². The van der Waals surface area contributed by atoms with Crippen LogP contribution in [0.25, 0.3) is 10.9 Å². The van der Waals surface area contributed by atoms with Crippen LogP contribution in [-0.2, 0) is 25.6 Å². The first-order valence-electron chi connectivity index (χ1n) is 13.9. The lowest BCUT2D eigenvalue weighted by Gasteiger charge is -2.25. The molecule has 2 aromatic rings. The number of para-hydroxylation sites is 1. The molecule has 42 heavy (non-hydrogen) atoms. The Morgan fingerprint density at radius 1 is 0.976 bits per heavy atom. The molecule has 0 saturated heterocycles. The first-order valence-corrected chi connectivity index (χ1v) is 15.3. The number of guanidine groups is 1. The van der Waals surface area contributed by atoms with E-state index in [-0.39, 0.29) is 37.6 Å². The minimum Gasteiger partial charge on any atom is -0.480 e. The van der Waals surface area contributed by atoms with Gasteiger partial charge in [-0.3, -0.25) is 19.4 Å². The van der Waals surface area contributed by atoms with Crippen LogP contribution in [0.4, 0.5) is 0 Å². The van der Waals surface area contributed by atoms with Crippen LogP contribution in [0.15, 0.2) is 35.5 Å². The van der Waals surface area contributed by atoms with Crippen LogP contribution in [0.2, 0.25) is 0 Å². The molecule has 1 aromatic carbocycles. The number of nitrogens with two attached hydrogens (primary N) is 3. The van der Waals surface area contributed by atoms with E-state index in [9.17, 15) is 24.3 Å². The van der Waals surface area contributed by atoms with Gasteiger partial charge in [0.05, 0.1) is 6.04 Å². The van der Waals surface area contributed by atoms with Crippen LogP contribution in [0.5, 0.6) is 0 Å². The van der Waals surface area contributed by atoms with E-state index in [1.54, 1.807) is 6.20 Å². The third kappa shape index (κ3) is 11.2. The minimum atomic E-state index is -1.15. The summed E-state index contributed by atoms with van der Waals surface area (Å²) < 4.78 is 0. The Kier molecular flexibility index (Phi) is 14.1. The summed E-state index contributed by atoms with van der Waals surface area (Å²) in [6.07, 6.45) is 5.02. The molecule has 0 spiro atoms. The number of aromatic amines is 1. The Balaban J connectivity index is 2.25. The molecular formula is C28H44N8O5S. The second-order valence-electron chi connectivity index (χ2n) is 10.6. The number of nitrogens with zero attached hydrogens (tertiary/aromatic N) is 1. The number of benzene rings is 1. The van der Waals surface area contributed by atoms with Crippen molar-refractivity contribution in [2.45, 2.75) is 70.1 Å². The fourth-order valence-electron chi connectivity index (χ4n) is 4.40. The zero-order valence-corrected chi connectivity index (χ0v) is 25.2. The van der Waals surface area contributed by atoms with E-state index in [1.807, 2.05) is 44.4 Å². The van der Waals surface area contributed by atoms with Crippen molar-refractivity contribution < 1.29 is 24.3 Å². The van der Waals surface area contributed by atoms with Crippen molar-refractivity contribution >= 4 is 52.3 Å². The topological polar surface area (TPSA) is 231 Å². The van der Waals surface area contributed by atoms with Crippen molar-refractivity contribution in [2.75, 3.05) is 18.6 Å². The van der Waals surface area contributed by atoms with Crippen molar-refractivity contribution in [1.29, 1.82) is 0 Å². The van der Waals surface area contributed by atoms with Gasteiger partial charge >= 0.3 is 5.97 Å². The molecule has 0 bridgehead atoms. The summed E-state index contributed by atoms with van der Waals surface area (Å²) in [6, 6.07) is 3.49. The zero-order chi connectivity index (χ0) is 31.2. The highest BCUT2D eigenvalue weighted by Crippen LogP contribution is 2.19.